The Hall–Kier alpha value is -1.46. The third-order valence-electron chi connectivity index (χ3n) is 4.96. The molecule has 19 heavy (non-hydrogen) atoms. The molecule has 4 rings (SSSR count). The van der Waals surface area contributed by atoms with Crippen molar-refractivity contribution >= 4 is 5.65 Å². The van der Waals surface area contributed by atoms with E-state index in [0.29, 0.717) is 12.1 Å². The summed E-state index contributed by atoms with van der Waals surface area (Å²) in [4.78, 5) is 2.44. The number of nitrogens with zero attached hydrogens (tertiary/aromatic N) is 4. The van der Waals surface area contributed by atoms with Gasteiger partial charge in [0.25, 0.3) is 0 Å². The minimum Gasteiger partial charge on any atom is -0.385 e. The fourth-order valence-corrected chi connectivity index (χ4v) is 3.78. The molecule has 2 bridgehead atoms. The van der Waals surface area contributed by atoms with Gasteiger partial charge in [-0.25, -0.2) is 0 Å². The molecule has 0 saturated carbocycles. The molecular formula is C14H18N4O. The van der Waals surface area contributed by atoms with E-state index in [9.17, 15) is 5.11 Å². The fraction of sp³-hybridized carbons (Fsp3) is 0.571. The largest absolute Gasteiger partial charge is 0.385 e. The van der Waals surface area contributed by atoms with Crippen molar-refractivity contribution in [2.75, 3.05) is 7.05 Å². The summed E-state index contributed by atoms with van der Waals surface area (Å²) in [6, 6.07) is 4.95. The average molecular weight is 258 g/mol. The van der Waals surface area contributed by atoms with E-state index in [1.165, 1.54) is 12.8 Å². The monoisotopic (exact) mass is 258 g/mol. The lowest BCUT2D eigenvalue weighted by Gasteiger charge is -2.42. The van der Waals surface area contributed by atoms with Gasteiger partial charge in [-0.1, -0.05) is 6.07 Å². The molecular weight excluding hydrogens is 240 g/mol. The van der Waals surface area contributed by atoms with E-state index < -0.39 is 5.60 Å². The van der Waals surface area contributed by atoms with Crippen molar-refractivity contribution in [2.45, 2.75) is 43.4 Å². The minimum atomic E-state index is -0.698. The first-order valence-electron chi connectivity index (χ1n) is 6.90. The summed E-state index contributed by atoms with van der Waals surface area (Å²) in [5.41, 5.74) is 1.12. The molecule has 4 heterocycles. The van der Waals surface area contributed by atoms with Crippen LogP contribution in [0.15, 0.2) is 24.7 Å². The lowest BCUT2D eigenvalue weighted by Crippen LogP contribution is -2.47. The second-order valence-electron chi connectivity index (χ2n) is 6.00. The Morgan fingerprint density at radius 1 is 1.26 bits per heavy atom. The van der Waals surface area contributed by atoms with Crippen molar-refractivity contribution in [1.82, 2.24) is 19.5 Å². The van der Waals surface area contributed by atoms with Gasteiger partial charge in [0.05, 0.1) is 5.60 Å². The van der Waals surface area contributed by atoms with Gasteiger partial charge in [0.2, 0.25) is 0 Å². The first kappa shape index (κ1) is 11.4. The van der Waals surface area contributed by atoms with Crippen LogP contribution in [0.3, 0.4) is 0 Å². The summed E-state index contributed by atoms with van der Waals surface area (Å²) >= 11 is 0. The molecule has 2 fully saturated rings. The molecule has 0 aliphatic carbocycles. The number of piperidine rings is 1. The molecule has 0 radical (unpaired) electrons. The van der Waals surface area contributed by atoms with Crippen LogP contribution in [0.4, 0.5) is 0 Å². The molecule has 100 valence electrons. The SMILES string of the molecule is CN1C2CCC1CC(O)(c1ccc3nncn3c1)C2. The summed E-state index contributed by atoms with van der Waals surface area (Å²) in [6.45, 7) is 0. The quantitative estimate of drug-likeness (QED) is 0.834. The number of fused-ring (bicyclic) bond motifs is 3. The molecule has 0 aromatic carbocycles. The van der Waals surface area contributed by atoms with Crippen LogP contribution in [0, 0.1) is 0 Å². The lowest BCUT2D eigenvalue weighted by molar-refractivity contribution is -0.0495. The topological polar surface area (TPSA) is 53.7 Å². The first-order valence-corrected chi connectivity index (χ1v) is 6.90. The van der Waals surface area contributed by atoms with Crippen LogP contribution in [0.2, 0.25) is 0 Å². The van der Waals surface area contributed by atoms with E-state index in [-0.39, 0.29) is 0 Å². The maximum atomic E-state index is 11.1. The Labute approximate surface area is 111 Å². The van der Waals surface area contributed by atoms with E-state index in [1.54, 1.807) is 6.33 Å². The van der Waals surface area contributed by atoms with E-state index in [4.69, 9.17) is 0 Å². The Kier molecular flexibility index (Phi) is 2.26. The molecule has 2 aliphatic rings. The highest BCUT2D eigenvalue weighted by atomic mass is 16.3. The highest BCUT2D eigenvalue weighted by Crippen LogP contribution is 2.44. The van der Waals surface area contributed by atoms with Crippen LogP contribution in [-0.4, -0.2) is 43.7 Å². The summed E-state index contributed by atoms with van der Waals surface area (Å²) in [7, 11) is 2.19. The molecule has 2 aliphatic heterocycles. The zero-order chi connectivity index (χ0) is 13.0. The van der Waals surface area contributed by atoms with Crippen LogP contribution in [0.5, 0.6) is 0 Å². The van der Waals surface area contributed by atoms with Gasteiger partial charge in [0.1, 0.15) is 6.33 Å². The molecule has 2 aromatic heterocycles. The van der Waals surface area contributed by atoms with Gasteiger partial charge in [-0.3, -0.25) is 4.40 Å². The summed E-state index contributed by atoms with van der Waals surface area (Å²) < 4.78 is 1.88. The molecule has 2 aromatic rings. The highest BCUT2D eigenvalue weighted by Gasteiger charge is 2.46. The summed E-state index contributed by atoms with van der Waals surface area (Å²) in [5.74, 6) is 0. The van der Waals surface area contributed by atoms with E-state index in [1.807, 2.05) is 22.7 Å². The van der Waals surface area contributed by atoms with Crippen molar-refractivity contribution in [3.8, 4) is 0 Å². The molecule has 1 N–H and O–H groups in total. The van der Waals surface area contributed by atoms with Gasteiger partial charge in [-0.05, 0) is 38.8 Å². The van der Waals surface area contributed by atoms with Gasteiger partial charge in [0.15, 0.2) is 5.65 Å². The smallest absolute Gasteiger partial charge is 0.160 e. The number of aromatic nitrogens is 3. The van der Waals surface area contributed by atoms with Gasteiger partial charge >= 0.3 is 0 Å². The number of hydrogen-bond donors (Lipinski definition) is 1. The Morgan fingerprint density at radius 3 is 2.74 bits per heavy atom. The molecule has 5 nitrogen and oxygen atoms in total. The van der Waals surface area contributed by atoms with Crippen molar-refractivity contribution in [3.05, 3.63) is 30.2 Å². The van der Waals surface area contributed by atoms with Crippen molar-refractivity contribution in [2.24, 2.45) is 0 Å². The molecule has 5 heteroatoms. The third-order valence-corrected chi connectivity index (χ3v) is 4.96. The number of hydrogen-bond acceptors (Lipinski definition) is 4. The van der Waals surface area contributed by atoms with Gasteiger partial charge in [-0.2, -0.15) is 0 Å². The predicted octanol–water partition coefficient (Wildman–Crippen LogP) is 1.17. The predicted molar refractivity (Wildman–Crippen MR) is 70.7 cm³/mol. The highest BCUT2D eigenvalue weighted by molar-refractivity contribution is 5.39. The van der Waals surface area contributed by atoms with Crippen LogP contribution in [0.1, 0.15) is 31.2 Å². The summed E-state index contributed by atoms with van der Waals surface area (Å²) in [5, 5.41) is 19.0. The Balaban J connectivity index is 1.74. The van der Waals surface area contributed by atoms with Crippen molar-refractivity contribution in [3.63, 3.8) is 0 Å². The average Bonchev–Trinajstić information content (AvgIpc) is 2.94. The molecule has 2 saturated heterocycles. The van der Waals surface area contributed by atoms with Crippen LogP contribution in [-0.2, 0) is 5.60 Å². The Morgan fingerprint density at radius 2 is 2.00 bits per heavy atom. The maximum absolute atomic E-state index is 11.1. The zero-order valence-corrected chi connectivity index (χ0v) is 11.0. The minimum absolute atomic E-state index is 0.514. The second kappa shape index (κ2) is 3.77. The van der Waals surface area contributed by atoms with E-state index in [0.717, 1.165) is 24.1 Å². The molecule has 0 amide bonds. The van der Waals surface area contributed by atoms with Crippen molar-refractivity contribution < 1.29 is 5.11 Å². The maximum Gasteiger partial charge on any atom is 0.160 e. The standard InChI is InChI=1S/C14H18N4O/c1-17-11-3-4-12(17)7-14(19,6-11)10-2-5-13-16-15-9-18(13)8-10/h2,5,8-9,11-12,19H,3-4,6-7H2,1H3. The zero-order valence-electron chi connectivity index (χ0n) is 11.0. The number of pyridine rings is 1. The van der Waals surface area contributed by atoms with Gasteiger partial charge < -0.3 is 10.0 Å². The van der Waals surface area contributed by atoms with Gasteiger partial charge in [-0.15, -0.1) is 10.2 Å². The lowest BCUT2D eigenvalue weighted by atomic mass is 9.81. The molecule has 2 atom stereocenters. The van der Waals surface area contributed by atoms with Gasteiger partial charge in [0, 0.05) is 23.8 Å². The summed E-state index contributed by atoms with van der Waals surface area (Å²) in [6.07, 6.45) is 7.73. The fourth-order valence-electron chi connectivity index (χ4n) is 3.78. The van der Waals surface area contributed by atoms with Crippen LogP contribution in [0.25, 0.3) is 5.65 Å². The van der Waals surface area contributed by atoms with Crippen LogP contribution < -0.4 is 0 Å². The van der Waals surface area contributed by atoms with Crippen LogP contribution >= 0.6 is 0 Å². The van der Waals surface area contributed by atoms with Crippen molar-refractivity contribution in [1.29, 1.82) is 0 Å². The van der Waals surface area contributed by atoms with E-state index in [2.05, 4.69) is 22.1 Å². The Bertz CT molecular complexity index is 609. The normalized spacial score (nSPS) is 35.1. The number of rotatable bonds is 1. The molecule has 2 unspecified atom stereocenters. The molecule has 0 spiro atoms. The first-order chi connectivity index (χ1) is 9.16. The second-order valence-corrected chi connectivity index (χ2v) is 6.00. The number of aliphatic hydroxyl groups is 1. The third kappa shape index (κ3) is 1.61. The van der Waals surface area contributed by atoms with E-state index >= 15 is 0 Å².